The molecular weight excluding hydrogens is 362 g/mol. The number of hydrazone groups is 1. The van der Waals surface area contributed by atoms with Crippen LogP contribution in [0.2, 0.25) is 5.02 Å². The molecule has 24 heavy (non-hydrogen) atoms. The molecule has 0 saturated carbocycles. The number of nitrogens with zero attached hydrogens (tertiary/aromatic N) is 2. The molecule has 3 aromatic rings. The van der Waals surface area contributed by atoms with Crippen molar-refractivity contribution in [3.8, 4) is 0 Å². The van der Waals surface area contributed by atoms with E-state index in [1.54, 1.807) is 17.4 Å². The first-order chi connectivity index (χ1) is 11.6. The second kappa shape index (κ2) is 7.79. The number of fused-ring (bicyclic) bond motifs is 1. The molecule has 0 aliphatic carbocycles. The van der Waals surface area contributed by atoms with Crippen LogP contribution in [0.25, 0.3) is 10.2 Å². The first-order valence-electron chi connectivity index (χ1n) is 7.23. The van der Waals surface area contributed by atoms with Crippen LogP contribution in [0.15, 0.2) is 58.0 Å². The van der Waals surface area contributed by atoms with Crippen LogP contribution < -0.4 is 5.43 Å². The molecule has 2 aromatic carbocycles. The van der Waals surface area contributed by atoms with E-state index < -0.39 is 0 Å². The molecule has 4 nitrogen and oxygen atoms in total. The number of hydrogen-bond acceptors (Lipinski definition) is 5. The largest absolute Gasteiger partial charge is 0.272 e. The zero-order valence-electron chi connectivity index (χ0n) is 12.8. The molecule has 0 spiro atoms. The van der Waals surface area contributed by atoms with Gasteiger partial charge in [-0.1, -0.05) is 53.7 Å². The van der Waals surface area contributed by atoms with E-state index in [4.69, 9.17) is 11.6 Å². The highest BCUT2D eigenvalue weighted by atomic mass is 35.5. The molecule has 1 heterocycles. The molecule has 1 N–H and O–H groups in total. The Bertz CT molecular complexity index is 861. The van der Waals surface area contributed by atoms with Gasteiger partial charge >= 0.3 is 0 Å². The number of carbonyl (C=O) groups excluding carboxylic acids is 1. The molecule has 0 saturated heterocycles. The molecule has 1 aromatic heterocycles. The number of nitrogens with one attached hydrogen (secondary N) is 1. The Balaban J connectivity index is 1.59. The molecule has 122 valence electrons. The van der Waals surface area contributed by atoms with Gasteiger partial charge in [-0.05, 0) is 25.1 Å². The number of aromatic nitrogens is 1. The van der Waals surface area contributed by atoms with Crippen LogP contribution in [0, 0.1) is 0 Å². The average Bonchev–Trinajstić information content (AvgIpc) is 2.98. The van der Waals surface area contributed by atoms with E-state index in [1.165, 1.54) is 18.0 Å². The maximum Gasteiger partial charge on any atom is 0.253 e. The van der Waals surface area contributed by atoms with E-state index in [9.17, 15) is 4.79 Å². The van der Waals surface area contributed by atoms with E-state index in [-0.39, 0.29) is 11.2 Å². The van der Waals surface area contributed by atoms with Crippen LogP contribution in [0.3, 0.4) is 0 Å². The molecule has 3 rings (SSSR count). The summed E-state index contributed by atoms with van der Waals surface area (Å²) < 4.78 is 1.98. The van der Waals surface area contributed by atoms with Gasteiger partial charge in [-0.3, -0.25) is 4.79 Å². The molecule has 0 aliphatic rings. The molecule has 1 amide bonds. The van der Waals surface area contributed by atoms with E-state index >= 15 is 0 Å². The van der Waals surface area contributed by atoms with Gasteiger partial charge in [0.05, 0.1) is 21.7 Å². The van der Waals surface area contributed by atoms with Crippen molar-refractivity contribution in [3.05, 3.63) is 59.1 Å². The monoisotopic (exact) mass is 375 g/mol. The summed E-state index contributed by atoms with van der Waals surface area (Å²) in [6.07, 6.45) is 1.54. The minimum absolute atomic E-state index is 0.178. The van der Waals surface area contributed by atoms with Crippen molar-refractivity contribution in [1.29, 1.82) is 0 Å². The number of para-hydroxylation sites is 1. The first-order valence-corrected chi connectivity index (χ1v) is 9.30. The van der Waals surface area contributed by atoms with Crippen molar-refractivity contribution in [1.82, 2.24) is 10.4 Å². The Kier molecular flexibility index (Phi) is 5.50. The number of benzene rings is 2. The highest BCUT2D eigenvalue weighted by molar-refractivity contribution is 8.02. The topological polar surface area (TPSA) is 54.4 Å². The molecule has 0 bridgehead atoms. The highest BCUT2D eigenvalue weighted by Crippen LogP contribution is 2.31. The quantitative estimate of drug-likeness (QED) is 0.403. The van der Waals surface area contributed by atoms with Gasteiger partial charge in [0.2, 0.25) is 0 Å². The Hall–Kier alpha value is -1.89. The lowest BCUT2D eigenvalue weighted by molar-refractivity contribution is -0.120. The molecule has 7 heteroatoms. The minimum Gasteiger partial charge on any atom is -0.272 e. The molecule has 1 unspecified atom stereocenters. The maximum absolute atomic E-state index is 12.1. The summed E-state index contributed by atoms with van der Waals surface area (Å²) in [5, 5.41) is 4.26. The van der Waals surface area contributed by atoms with Crippen molar-refractivity contribution < 1.29 is 4.79 Å². The van der Waals surface area contributed by atoms with Crippen molar-refractivity contribution in [2.75, 3.05) is 0 Å². The number of amides is 1. The summed E-state index contributed by atoms with van der Waals surface area (Å²) in [6, 6.07) is 15.2. The lowest BCUT2D eigenvalue weighted by Crippen LogP contribution is -2.26. The molecule has 0 radical (unpaired) electrons. The smallest absolute Gasteiger partial charge is 0.253 e. The summed E-state index contributed by atoms with van der Waals surface area (Å²) in [4.78, 5) is 16.7. The van der Waals surface area contributed by atoms with E-state index in [2.05, 4.69) is 15.5 Å². The Labute approximate surface area is 152 Å². The van der Waals surface area contributed by atoms with Gasteiger partial charge in [0, 0.05) is 10.6 Å². The SMILES string of the molecule is CC(Sc1nc2ccccc2s1)C(=O)N/N=C\c1ccccc1Cl. The average molecular weight is 376 g/mol. The standard InChI is InChI=1S/C17H14ClN3OS2/c1-11(23-17-20-14-8-4-5-9-15(14)24-17)16(22)21-19-10-12-6-2-3-7-13(12)18/h2-11H,1H3,(H,21,22)/b19-10-. The van der Waals surface area contributed by atoms with Crippen molar-refractivity contribution in [3.63, 3.8) is 0 Å². The van der Waals surface area contributed by atoms with E-state index in [1.807, 2.05) is 49.4 Å². The van der Waals surface area contributed by atoms with Crippen molar-refractivity contribution >= 4 is 57.0 Å². The predicted molar refractivity (Wildman–Crippen MR) is 102 cm³/mol. The molecular formula is C17H14ClN3OS2. The molecule has 1 atom stereocenters. The zero-order valence-corrected chi connectivity index (χ0v) is 15.2. The van der Waals surface area contributed by atoms with Crippen LogP contribution in [0.1, 0.15) is 12.5 Å². The number of rotatable bonds is 5. The number of hydrogen-bond donors (Lipinski definition) is 1. The van der Waals surface area contributed by atoms with Crippen molar-refractivity contribution in [2.24, 2.45) is 5.10 Å². The zero-order chi connectivity index (χ0) is 16.9. The summed E-state index contributed by atoms with van der Waals surface area (Å²) in [5.41, 5.74) is 4.25. The van der Waals surface area contributed by atoms with Crippen molar-refractivity contribution in [2.45, 2.75) is 16.5 Å². The van der Waals surface area contributed by atoms with Crippen LogP contribution in [-0.2, 0) is 4.79 Å². The van der Waals surface area contributed by atoms with Gasteiger partial charge in [0.1, 0.15) is 0 Å². The third kappa shape index (κ3) is 4.14. The second-order valence-corrected chi connectivity index (χ2v) is 7.99. The third-order valence-corrected chi connectivity index (χ3v) is 5.78. The minimum atomic E-state index is -0.297. The third-order valence-electron chi connectivity index (χ3n) is 3.20. The van der Waals surface area contributed by atoms with Gasteiger partial charge in [-0.15, -0.1) is 11.3 Å². The second-order valence-electron chi connectivity index (χ2n) is 4.96. The predicted octanol–water partition coefficient (Wildman–Crippen LogP) is 4.58. The van der Waals surface area contributed by atoms with Crippen LogP contribution in [0.4, 0.5) is 0 Å². The van der Waals surface area contributed by atoms with Gasteiger partial charge in [0.25, 0.3) is 5.91 Å². The fraction of sp³-hybridized carbons (Fsp3) is 0.118. The van der Waals surface area contributed by atoms with Gasteiger partial charge in [0.15, 0.2) is 4.34 Å². The molecule has 0 fully saturated rings. The summed E-state index contributed by atoms with van der Waals surface area (Å²) in [5.74, 6) is -0.178. The van der Waals surface area contributed by atoms with Crippen LogP contribution >= 0.6 is 34.7 Å². The Morgan fingerprint density at radius 1 is 1.29 bits per heavy atom. The number of thioether (sulfide) groups is 1. The van der Waals surface area contributed by atoms with Gasteiger partial charge < -0.3 is 0 Å². The van der Waals surface area contributed by atoms with Gasteiger partial charge in [-0.2, -0.15) is 5.10 Å². The maximum atomic E-state index is 12.1. The fourth-order valence-corrected chi connectivity index (χ4v) is 4.33. The van der Waals surface area contributed by atoms with E-state index in [0.29, 0.717) is 5.02 Å². The lowest BCUT2D eigenvalue weighted by atomic mass is 10.2. The summed E-state index contributed by atoms with van der Waals surface area (Å²) in [6.45, 7) is 1.83. The Morgan fingerprint density at radius 3 is 2.83 bits per heavy atom. The molecule has 0 aliphatic heterocycles. The summed E-state index contributed by atoms with van der Waals surface area (Å²) in [7, 11) is 0. The lowest BCUT2D eigenvalue weighted by Gasteiger charge is -2.06. The van der Waals surface area contributed by atoms with E-state index in [0.717, 1.165) is 20.1 Å². The normalized spacial score (nSPS) is 12.6. The van der Waals surface area contributed by atoms with Crippen LogP contribution in [0.5, 0.6) is 0 Å². The number of carbonyl (C=O) groups is 1. The Morgan fingerprint density at radius 2 is 2.04 bits per heavy atom. The first kappa shape index (κ1) is 17.0. The highest BCUT2D eigenvalue weighted by Gasteiger charge is 2.16. The number of halogens is 1. The number of thiazole rings is 1. The van der Waals surface area contributed by atoms with Gasteiger partial charge in [-0.25, -0.2) is 10.4 Å². The van der Waals surface area contributed by atoms with Crippen LogP contribution in [-0.4, -0.2) is 22.4 Å². The fourth-order valence-electron chi connectivity index (χ4n) is 1.94. The summed E-state index contributed by atoms with van der Waals surface area (Å²) >= 11 is 9.04.